The molecule has 1 aliphatic rings. The number of carbonyl (C=O) groups is 3. The van der Waals surface area contributed by atoms with Crippen molar-refractivity contribution in [1.82, 2.24) is 10.6 Å². The fourth-order valence-corrected chi connectivity index (χ4v) is 4.40. The van der Waals surface area contributed by atoms with Crippen LogP contribution in [0.1, 0.15) is 63.0 Å². The summed E-state index contributed by atoms with van der Waals surface area (Å²) in [6, 6.07) is 15.5. The summed E-state index contributed by atoms with van der Waals surface area (Å²) in [5, 5.41) is 14.6. The van der Waals surface area contributed by atoms with Crippen molar-refractivity contribution < 1.29 is 24.2 Å². The highest BCUT2D eigenvalue weighted by Crippen LogP contribution is 2.44. The van der Waals surface area contributed by atoms with Gasteiger partial charge in [-0.2, -0.15) is 0 Å². The van der Waals surface area contributed by atoms with Crippen LogP contribution in [0.5, 0.6) is 0 Å². The van der Waals surface area contributed by atoms with E-state index < -0.39 is 24.1 Å². The SMILES string of the molecule is CCC[C@H](CC(=O)O)NC(=O)CC(CC)NC(=O)OCC1c2ccccc2-c2ccccc21. The third-order valence-electron chi connectivity index (χ3n) is 6.01. The molecule has 1 aliphatic carbocycles. The molecule has 0 aliphatic heterocycles. The zero-order valence-corrected chi connectivity index (χ0v) is 19.2. The minimum atomic E-state index is -0.947. The molecule has 7 heteroatoms. The Morgan fingerprint density at radius 2 is 1.52 bits per heavy atom. The number of nitrogens with one attached hydrogen (secondary N) is 2. The van der Waals surface area contributed by atoms with Crippen molar-refractivity contribution >= 4 is 18.0 Å². The molecule has 0 saturated carbocycles. The van der Waals surface area contributed by atoms with E-state index in [0.29, 0.717) is 12.8 Å². The fourth-order valence-electron chi connectivity index (χ4n) is 4.40. The molecule has 3 rings (SSSR count). The number of carbonyl (C=O) groups excluding carboxylic acids is 2. The Bertz CT molecular complexity index is 945. The number of ether oxygens (including phenoxy) is 1. The number of amides is 2. The number of fused-ring (bicyclic) bond motifs is 3. The molecule has 2 aromatic rings. The van der Waals surface area contributed by atoms with E-state index >= 15 is 0 Å². The van der Waals surface area contributed by atoms with Gasteiger partial charge in [-0.05, 0) is 35.1 Å². The maximum atomic E-state index is 12.5. The third-order valence-corrected chi connectivity index (χ3v) is 6.01. The molecular formula is C26H32N2O5. The number of rotatable bonds is 11. The highest BCUT2D eigenvalue weighted by molar-refractivity contribution is 5.80. The number of carboxylic acid groups (broad SMARTS) is 1. The smallest absolute Gasteiger partial charge is 0.407 e. The van der Waals surface area contributed by atoms with Gasteiger partial charge in [0.25, 0.3) is 0 Å². The molecule has 0 heterocycles. The molecule has 2 aromatic carbocycles. The summed E-state index contributed by atoms with van der Waals surface area (Å²) in [5.41, 5.74) is 4.60. The summed E-state index contributed by atoms with van der Waals surface area (Å²) < 4.78 is 5.57. The van der Waals surface area contributed by atoms with Gasteiger partial charge in [0, 0.05) is 24.4 Å². The van der Waals surface area contributed by atoms with Crippen molar-refractivity contribution in [3.05, 3.63) is 59.7 Å². The maximum Gasteiger partial charge on any atom is 0.407 e. The molecule has 2 atom stereocenters. The number of carboxylic acids is 1. The summed E-state index contributed by atoms with van der Waals surface area (Å²) in [5.74, 6) is -1.25. The predicted octanol–water partition coefficient (Wildman–Crippen LogP) is 4.45. The summed E-state index contributed by atoms with van der Waals surface area (Å²) in [6.45, 7) is 4.02. The molecule has 0 radical (unpaired) electrons. The molecule has 3 N–H and O–H groups in total. The first kappa shape index (κ1) is 24.3. The highest BCUT2D eigenvalue weighted by Gasteiger charge is 2.29. The predicted molar refractivity (Wildman–Crippen MR) is 126 cm³/mol. The summed E-state index contributed by atoms with van der Waals surface area (Å²) in [6.07, 6.45) is 1.31. The van der Waals surface area contributed by atoms with Gasteiger partial charge in [0.05, 0.1) is 6.42 Å². The van der Waals surface area contributed by atoms with Crippen molar-refractivity contribution in [2.45, 2.75) is 64.0 Å². The van der Waals surface area contributed by atoms with E-state index in [1.165, 1.54) is 0 Å². The molecule has 0 aromatic heterocycles. The van der Waals surface area contributed by atoms with Crippen LogP contribution in [0.4, 0.5) is 4.79 Å². The average Bonchev–Trinajstić information content (AvgIpc) is 3.10. The number of alkyl carbamates (subject to hydrolysis) is 1. The zero-order chi connectivity index (χ0) is 23.8. The molecule has 0 bridgehead atoms. The van der Waals surface area contributed by atoms with Crippen LogP contribution in [0.25, 0.3) is 11.1 Å². The van der Waals surface area contributed by atoms with Gasteiger partial charge in [-0.3, -0.25) is 9.59 Å². The minimum absolute atomic E-state index is 0.0302. The Kier molecular flexibility index (Phi) is 8.46. The van der Waals surface area contributed by atoms with Crippen LogP contribution in [-0.4, -0.2) is 41.8 Å². The van der Waals surface area contributed by atoms with Gasteiger partial charge < -0.3 is 20.5 Å². The molecule has 0 saturated heterocycles. The van der Waals surface area contributed by atoms with E-state index in [2.05, 4.69) is 34.9 Å². The molecule has 176 valence electrons. The van der Waals surface area contributed by atoms with Crippen LogP contribution >= 0.6 is 0 Å². The largest absolute Gasteiger partial charge is 0.481 e. The molecule has 33 heavy (non-hydrogen) atoms. The van der Waals surface area contributed by atoms with Crippen molar-refractivity contribution in [3.8, 4) is 11.1 Å². The number of benzene rings is 2. The van der Waals surface area contributed by atoms with Crippen molar-refractivity contribution in [2.24, 2.45) is 0 Å². The Labute approximate surface area is 194 Å². The van der Waals surface area contributed by atoms with Crippen LogP contribution in [-0.2, 0) is 14.3 Å². The van der Waals surface area contributed by atoms with Gasteiger partial charge >= 0.3 is 12.1 Å². The minimum Gasteiger partial charge on any atom is -0.481 e. The van der Waals surface area contributed by atoms with E-state index in [4.69, 9.17) is 9.84 Å². The van der Waals surface area contributed by atoms with Crippen LogP contribution in [0.3, 0.4) is 0 Å². The molecule has 1 unspecified atom stereocenters. The third kappa shape index (κ3) is 6.34. The van der Waals surface area contributed by atoms with Crippen molar-refractivity contribution in [2.75, 3.05) is 6.61 Å². The first-order valence-corrected chi connectivity index (χ1v) is 11.6. The second kappa shape index (κ2) is 11.5. The highest BCUT2D eigenvalue weighted by atomic mass is 16.5. The lowest BCUT2D eigenvalue weighted by Crippen LogP contribution is -2.42. The first-order chi connectivity index (χ1) is 15.9. The second-order valence-electron chi connectivity index (χ2n) is 8.43. The zero-order valence-electron chi connectivity index (χ0n) is 19.2. The molecule has 0 spiro atoms. The first-order valence-electron chi connectivity index (χ1n) is 11.6. The Morgan fingerprint density at radius 3 is 2.06 bits per heavy atom. The van der Waals surface area contributed by atoms with Crippen molar-refractivity contribution in [3.63, 3.8) is 0 Å². The van der Waals surface area contributed by atoms with Gasteiger partial charge in [-0.25, -0.2) is 4.79 Å². The quantitative estimate of drug-likeness (QED) is 0.467. The van der Waals surface area contributed by atoms with Gasteiger partial charge in [0.1, 0.15) is 6.61 Å². The van der Waals surface area contributed by atoms with Crippen LogP contribution in [0.15, 0.2) is 48.5 Å². The van der Waals surface area contributed by atoms with E-state index in [0.717, 1.165) is 28.7 Å². The van der Waals surface area contributed by atoms with E-state index in [9.17, 15) is 14.4 Å². The lowest BCUT2D eigenvalue weighted by molar-refractivity contribution is -0.137. The molecule has 0 fully saturated rings. The molecule has 7 nitrogen and oxygen atoms in total. The van der Waals surface area contributed by atoms with Gasteiger partial charge in [0.15, 0.2) is 0 Å². The van der Waals surface area contributed by atoms with Crippen LogP contribution in [0.2, 0.25) is 0 Å². The maximum absolute atomic E-state index is 12.5. The summed E-state index contributed by atoms with van der Waals surface area (Å²) in [4.78, 5) is 35.9. The Morgan fingerprint density at radius 1 is 0.909 bits per heavy atom. The van der Waals surface area contributed by atoms with Crippen LogP contribution in [0, 0.1) is 0 Å². The van der Waals surface area contributed by atoms with E-state index in [1.54, 1.807) is 0 Å². The van der Waals surface area contributed by atoms with E-state index in [1.807, 2.05) is 38.1 Å². The number of hydrogen-bond donors (Lipinski definition) is 3. The van der Waals surface area contributed by atoms with Gasteiger partial charge in [0.2, 0.25) is 5.91 Å². The van der Waals surface area contributed by atoms with Gasteiger partial charge in [-0.15, -0.1) is 0 Å². The number of hydrogen-bond acceptors (Lipinski definition) is 4. The average molecular weight is 453 g/mol. The summed E-state index contributed by atoms with van der Waals surface area (Å²) >= 11 is 0. The molecule has 2 amide bonds. The van der Waals surface area contributed by atoms with Crippen molar-refractivity contribution in [1.29, 1.82) is 0 Å². The lowest BCUT2D eigenvalue weighted by Gasteiger charge is -2.21. The van der Waals surface area contributed by atoms with Gasteiger partial charge in [-0.1, -0.05) is 68.8 Å². The Hall–Kier alpha value is -3.35. The summed E-state index contributed by atoms with van der Waals surface area (Å²) in [7, 11) is 0. The number of aliphatic carboxylic acids is 1. The standard InChI is InChI=1S/C26H32N2O5/c1-3-9-18(15-25(30)31)27-24(29)14-17(4-2)28-26(32)33-16-23-21-12-7-5-10-19(21)20-11-6-8-13-22(20)23/h5-8,10-13,17-18,23H,3-4,9,14-16H2,1-2H3,(H,27,29)(H,28,32)(H,30,31)/t17?,18-/m1/s1. The van der Waals surface area contributed by atoms with Crippen LogP contribution < -0.4 is 10.6 Å². The fraction of sp³-hybridized carbons (Fsp3) is 0.423. The monoisotopic (exact) mass is 452 g/mol. The molecular weight excluding hydrogens is 420 g/mol. The topological polar surface area (TPSA) is 105 Å². The lowest BCUT2D eigenvalue weighted by atomic mass is 9.98. The Balaban J connectivity index is 1.54. The normalized spacial score (nSPS) is 14.0. The van der Waals surface area contributed by atoms with E-state index in [-0.39, 0.29) is 31.3 Å². The second-order valence-corrected chi connectivity index (χ2v) is 8.43.